The van der Waals surface area contributed by atoms with Crippen LogP contribution in [0, 0.1) is 0 Å². The molecule has 0 saturated heterocycles. The van der Waals surface area contributed by atoms with E-state index in [1.807, 2.05) is 50.5 Å². The van der Waals surface area contributed by atoms with Gasteiger partial charge in [-0.25, -0.2) is 0 Å². The van der Waals surface area contributed by atoms with Crippen molar-refractivity contribution in [1.29, 1.82) is 0 Å². The summed E-state index contributed by atoms with van der Waals surface area (Å²) in [7, 11) is 4.09. The van der Waals surface area contributed by atoms with Crippen LogP contribution in [0.3, 0.4) is 0 Å². The topological polar surface area (TPSA) is 58.5 Å². The smallest absolute Gasteiger partial charge is 0.0428 e. The molecular weight excluding hydrogens is 368 g/mol. The Balaban J connectivity index is 1.52. The van der Waals surface area contributed by atoms with Gasteiger partial charge in [-0.3, -0.25) is 0 Å². The van der Waals surface area contributed by atoms with E-state index in [2.05, 4.69) is 70.5 Å². The number of rotatable bonds is 5. The average molecular weight is 395 g/mol. The molecule has 4 nitrogen and oxygen atoms in total. The number of nitrogens with zero attached hydrogens (tertiary/aromatic N) is 2. The van der Waals surface area contributed by atoms with Crippen LogP contribution in [0.4, 0.5) is 34.1 Å². The van der Waals surface area contributed by atoms with Gasteiger partial charge in [-0.2, -0.15) is 0 Å². The first kappa shape index (κ1) is 19.4. The minimum Gasteiger partial charge on any atom is -0.399 e. The van der Waals surface area contributed by atoms with Crippen molar-refractivity contribution >= 4 is 34.1 Å². The Hall–Kier alpha value is -3.92. The molecule has 0 fully saturated rings. The molecule has 4 aromatic carbocycles. The Morgan fingerprint density at radius 1 is 0.467 bits per heavy atom. The molecule has 0 unspecified atom stereocenters. The van der Waals surface area contributed by atoms with E-state index in [-0.39, 0.29) is 0 Å². The number of nitrogens with two attached hydrogens (primary N) is 2. The standard InChI is InChI=1S/C26H26N4/c1-29(25-7-3-5-21(27)17-25)23-13-9-19(10-14-23)20-11-15-24(16-12-20)30(2)26-8-4-6-22(28)18-26/h3-18H,27-28H2,1-2H3. The predicted octanol–water partition coefficient (Wildman–Crippen LogP) is 6.05. The van der Waals surface area contributed by atoms with Crippen molar-refractivity contribution in [3.63, 3.8) is 0 Å². The predicted molar refractivity (Wildman–Crippen MR) is 130 cm³/mol. The number of hydrogen-bond donors (Lipinski definition) is 2. The molecule has 0 amide bonds. The van der Waals surface area contributed by atoms with Crippen LogP contribution in [-0.4, -0.2) is 14.1 Å². The summed E-state index contributed by atoms with van der Waals surface area (Å²) in [4.78, 5) is 4.26. The summed E-state index contributed by atoms with van der Waals surface area (Å²) in [5.74, 6) is 0. The highest BCUT2D eigenvalue weighted by Crippen LogP contribution is 2.30. The molecule has 4 aromatic rings. The third kappa shape index (κ3) is 4.08. The van der Waals surface area contributed by atoms with Gasteiger partial charge in [0.05, 0.1) is 0 Å². The van der Waals surface area contributed by atoms with Crippen LogP contribution in [0.2, 0.25) is 0 Å². The van der Waals surface area contributed by atoms with E-state index < -0.39 is 0 Å². The third-order valence-electron chi connectivity index (χ3n) is 5.36. The first-order valence-corrected chi connectivity index (χ1v) is 9.90. The molecule has 0 atom stereocenters. The molecule has 0 spiro atoms. The van der Waals surface area contributed by atoms with Gasteiger partial charge in [0, 0.05) is 48.2 Å². The highest BCUT2D eigenvalue weighted by molar-refractivity contribution is 5.73. The molecule has 30 heavy (non-hydrogen) atoms. The van der Waals surface area contributed by atoms with Gasteiger partial charge in [0.1, 0.15) is 0 Å². The van der Waals surface area contributed by atoms with Crippen molar-refractivity contribution in [3.8, 4) is 11.1 Å². The summed E-state index contributed by atoms with van der Waals surface area (Å²) in [6, 6.07) is 32.9. The number of hydrogen-bond acceptors (Lipinski definition) is 4. The summed E-state index contributed by atoms with van der Waals surface area (Å²) >= 11 is 0. The van der Waals surface area contributed by atoms with Crippen molar-refractivity contribution < 1.29 is 0 Å². The van der Waals surface area contributed by atoms with Crippen molar-refractivity contribution in [2.75, 3.05) is 35.4 Å². The molecule has 0 radical (unpaired) electrons. The third-order valence-corrected chi connectivity index (χ3v) is 5.36. The Morgan fingerprint density at radius 2 is 0.833 bits per heavy atom. The number of benzene rings is 4. The summed E-state index contributed by atoms with van der Waals surface area (Å²) in [5, 5.41) is 0. The van der Waals surface area contributed by atoms with E-state index in [0.29, 0.717) is 0 Å². The lowest BCUT2D eigenvalue weighted by Gasteiger charge is -2.21. The maximum Gasteiger partial charge on any atom is 0.0428 e. The molecule has 150 valence electrons. The maximum absolute atomic E-state index is 5.92. The van der Waals surface area contributed by atoms with Crippen LogP contribution in [0.5, 0.6) is 0 Å². The molecule has 0 aliphatic rings. The van der Waals surface area contributed by atoms with Gasteiger partial charge in [0.2, 0.25) is 0 Å². The lowest BCUT2D eigenvalue weighted by atomic mass is 10.0. The van der Waals surface area contributed by atoms with Crippen LogP contribution < -0.4 is 21.3 Å². The molecule has 0 heterocycles. The Kier molecular flexibility index (Phi) is 5.31. The summed E-state index contributed by atoms with van der Waals surface area (Å²) in [6.07, 6.45) is 0. The van der Waals surface area contributed by atoms with Crippen LogP contribution in [0.15, 0.2) is 97.1 Å². The second-order valence-corrected chi connectivity index (χ2v) is 7.40. The fourth-order valence-electron chi connectivity index (χ4n) is 3.52. The van der Waals surface area contributed by atoms with E-state index in [1.54, 1.807) is 0 Å². The SMILES string of the molecule is CN(c1ccc(-c2ccc(N(C)c3cccc(N)c3)cc2)cc1)c1cccc(N)c1. The van der Waals surface area contributed by atoms with Crippen LogP contribution in [0.25, 0.3) is 11.1 Å². The number of nitrogen functional groups attached to an aromatic ring is 2. The minimum absolute atomic E-state index is 0.763. The van der Waals surface area contributed by atoms with Crippen molar-refractivity contribution in [3.05, 3.63) is 97.1 Å². The molecule has 4 N–H and O–H groups in total. The second-order valence-electron chi connectivity index (χ2n) is 7.40. The van der Waals surface area contributed by atoms with Crippen molar-refractivity contribution in [2.45, 2.75) is 0 Å². The average Bonchev–Trinajstić information content (AvgIpc) is 2.78. The zero-order valence-electron chi connectivity index (χ0n) is 17.3. The lowest BCUT2D eigenvalue weighted by Crippen LogP contribution is -2.09. The molecule has 0 aromatic heterocycles. The maximum atomic E-state index is 5.92. The highest BCUT2D eigenvalue weighted by atomic mass is 15.1. The summed E-state index contributed by atoms with van der Waals surface area (Å²) < 4.78 is 0. The van der Waals surface area contributed by atoms with Gasteiger partial charge in [-0.15, -0.1) is 0 Å². The monoisotopic (exact) mass is 394 g/mol. The van der Waals surface area contributed by atoms with Gasteiger partial charge in [-0.05, 0) is 71.8 Å². The lowest BCUT2D eigenvalue weighted by molar-refractivity contribution is 1.21. The quantitative estimate of drug-likeness (QED) is 0.404. The van der Waals surface area contributed by atoms with Crippen LogP contribution in [0.1, 0.15) is 0 Å². The molecule has 0 bridgehead atoms. The van der Waals surface area contributed by atoms with Gasteiger partial charge in [0.25, 0.3) is 0 Å². The minimum atomic E-state index is 0.763. The molecule has 4 rings (SSSR count). The molecular formula is C26H26N4. The van der Waals surface area contributed by atoms with E-state index in [0.717, 1.165) is 34.1 Å². The number of anilines is 6. The molecule has 4 heteroatoms. The summed E-state index contributed by atoms with van der Waals surface area (Å²) in [6.45, 7) is 0. The summed E-state index contributed by atoms with van der Waals surface area (Å²) in [5.41, 5.74) is 20.1. The first-order valence-electron chi connectivity index (χ1n) is 9.90. The normalized spacial score (nSPS) is 10.6. The van der Waals surface area contributed by atoms with E-state index in [4.69, 9.17) is 11.5 Å². The molecule has 0 aliphatic carbocycles. The van der Waals surface area contributed by atoms with Crippen molar-refractivity contribution in [1.82, 2.24) is 0 Å². The van der Waals surface area contributed by atoms with E-state index in [1.165, 1.54) is 11.1 Å². The van der Waals surface area contributed by atoms with Gasteiger partial charge < -0.3 is 21.3 Å². The van der Waals surface area contributed by atoms with Crippen molar-refractivity contribution in [2.24, 2.45) is 0 Å². The van der Waals surface area contributed by atoms with Gasteiger partial charge in [0.15, 0.2) is 0 Å². The fraction of sp³-hybridized carbons (Fsp3) is 0.0769. The Labute approximate surface area is 178 Å². The second kappa shape index (κ2) is 8.21. The van der Waals surface area contributed by atoms with Crippen LogP contribution in [-0.2, 0) is 0 Å². The van der Waals surface area contributed by atoms with Gasteiger partial charge >= 0.3 is 0 Å². The largest absolute Gasteiger partial charge is 0.399 e. The zero-order chi connectivity index (χ0) is 21.1. The Bertz CT molecular complexity index is 1040. The molecule has 0 saturated carbocycles. The first-order chi connectivity index (χ1) is 14.5. The van der Waals surface area contributed by atoms with E-state index >= 15 is 0 Å². The van der Waals surface area contributed by atoms with Gasteiger partial charge in [-0.1, -0.05) is 36.4 Å². The fourth-order valence-corrected chi connectivity index (χ4v) is 3.52. The van der Waals surface area contributed by atoms with E-state index in [9.17, 15) is 0 Å². The molecule has 0 aliphatic heterocycles. The van der Waals surface area contributed by atoms with Crippen LogP contribution >= 0.6 is 0 Å². The zero-order valence-corrected chi connectivity index (χ0v) is 17.3. The Morgan fingerprint density at radius 3 is 1.17 bits per heavy atom. The highest BCUT2D eigenvalue weighted by Gasteiger charge is 2.07.